The summed E-state index contributed by atoms with van der Waals surface area (Å²) in [5.41, 5.74) is 0.949. The quantitative estimate of drug-likeness (QED) is 0.381. The predicted molar refractivity (Wildman–Crippen MR) is 46.5 cm³/mol. The van der Waals surface area contributed by atoms with E-state index in [2.05, 4.69) is 17.8 Å². The van der Waals surface area contributed by atoms with Gasteiger partial charge in [0.1, 0.15) is 0 Å². The largest absolute Gasteiger partial charge is 0.375 e. The highest BCUT2D eigenvalue weighted by Gasteiger charge is 2.07. The fraction of sp³-hybridized carbons (Fsp3) is 0.125. The van der Waals surface area contributed by atoms with E-state index < -0.39 is 6.10 Å². The van der Waals surface area contributed by atoms with E-state index in [1.54, 1.807) is 11.3 Å². The second-order valence-corrected chi connectivity index (χ2v) is 2.62. The molecular formula is C8H7NOS. The third kappa shape index (κ3) is 1.82. The van der Waals surface area contributed by atoms with Gasteiger partial charge < -0.3 is 4.84 Å². The van der Waals surface area contributed by atoms with Gasteiger partial charge in [-0.2, -0.15) is 11.3 Å². The first-order valence-electron chi connectivity index (χ1n) is 2.98. The predicted octanol–water partition coefficient (Wildman–Crippen LogP) is 2.05. The van der Waals surface area contributed by atoms with Gasteiger partial charge in [-0.1, -0.05) is 5.92 Å². The summed E-state index contributed by atoms with van der Waals surface area (Å²) in [5.74, 6) is 2.46. The fourth-order valence-corrected chi connectivity index (χ4v) is 1.36. The number of thiophene rings is 1. The van der Waals surface area contributed by atoms with E-state index in [9.17, 15) is 0 Å². The van der Waals surface area contributed by atoms with Crippen molar-refractivity contribution < 1.29 is 4.84 Å². The van der Waals surface area contributed by atoms with Crippen molar-refractivity contribution in [2.45, 2.75) is 6.10 Å². The Morgan fingerprint density at radius 3 is 3.09 bits per heavy atom. The van der Waals surface area contributed by atoms with Crippen molar-refractivity contribution in [2.75, 3.05) is 0 Å². The first kappa shape index (κ1) is 7.83. The molecule has 0 amide bonds. The Bertz CT molecular complexity index is 260. The maximum Gasteiger partial charge on any atom is 0.213 e. The summed E-state index contributed by atoms with van der Waals surface area (Å²) in [4.78, 5) is 4.82. The van der Waals surface area contributed by atoms with Crippen molar-refractivity contribution in [2.24, 2.45) is 5.16 Å². The van der Waals surface area contributed by atoms with Crippen LogP contribution in [0.25, 0.3) is 0 Å². The molecule has 0 N–H and O–H groups in total. The molecule has 2 nitrogen and oxygen atoms in total. The van der Waals surface area contributed by atoms with Gasteiger partial charge in [0.25, 0.3) is 0 Å². The molecule has 0 saturated carbocycles. The first-order chi connectivity index (χ1) is 5.38. The maximum absolute atomic E-state index is 5.19. The van der Waals surface area contributed by atoms with E-state index in [4.69, 9.17) is 11.3 Å². The molecule has 3 heteroatoms. The monoisotopic (exact) mass is 165 g/mol. The second-order valence-electron chi connectivity index (χ2n) is 1.84. The van der Waals surface area contributed by atoms with E-state index >= 15 is 0 Å². The number of hydrogen-bond donors (Lipinski definition) is 0. The zero-order chi connectivity index (χ0) is 8.10. The topological polar surface area (TPSA) is 21.6 Å². The minimum Gasteiger partial charge on any atom is -0.375 e. The SMILES string of the molecule is C#CC(ON=C)c1ccsc1. The molecule has 1 rings (SSSR count). The smallest absolute Gasteiger partial charge is 0.213 e. The molecule has 1 unspecified atom stereocenters. The summed E-state index contributed by atoms with van der Waals surface area (Å²) >= 11 is 1.57. The molecule has 1 aromatic heterocycles. The summed E-state index contributed by atoms with van der Waals surface area (Å²) in [7, 11) is 0. The molecule has 0 aliphatic heterocycles. The van der Waals surface area contributed by atoms with Crippen LogP contribution in [0.4, 0.5) is 0 Å². The molecular weight excluding hydrogens is 158 g/mol. The Labute approximate surface area is 69.5 Å². The second kappa shape index (κ2) is 3.79. The standard InChI is InChI=1S/C8H7NOS/c1-3-8(10-9-2)7-4-5-11-6-7/h1,4-6,8H,2H2. The Kier molecular flexibility index (Phi) is 2.70. The Morgan fingerprint density at radius 1 is 1.82 bits per heavy atom. The van der Waals surface area contributed by atoms with Crippen LogP contribution in [0.2, 0.25) is 0 Å². The van der Waals surface area contributed by atoms with E-state index in [-0.39, 0.29) is 0 Å². The highest BCUT2D eigenvalue weighted by Crippen LogP contribution is 2.18. The molecule has 11 heavy (non-hydrogen) atoms. The van der Waals surface area contributed by atoms with Crippen molar-refractivity contribution in [1.82, 2.24) is 0 Å². The zero-order valence-corrected chi connectivity index (χ0v) is 6.67. The van der Waals surface area contributed by atoms with Gasteiger partial charge in [0, 0.05) is 12.3 Å². The van der Waals surface area contributed by atoms with Crippen LogP contribution in [0.3, 0.4) is 0 Å². The van der Waals surface area contributed by atoms with Crippen LogP contribution >= 0.6 is 11.3 Å². The lowest BCUT2D eigenvalue weighted by Crippen LogP contribution is -1.94. The minimum atomic E-state index is -0.390. The number of rotatable bonds is 3. The van der Waals surface area contributed by atoms with Crippen molar-refractivity contribution in [3.63, 3.8) is 0 Å². The third-order valence-corrected chi connectivity index (χ3v) is 1.88. The average Bonchev–Trinajstić information content (AvgIpc) is 2.52. The van der Waals surface area contributed by atoms with Crippen LogP contribution in [0, 0.1) is 12.3 Å². The van der Waals surface area contributed by atoms with Crippen LogP contribution in [0.15, 0.2) is 22.0 Å². The van der Waals surface area contributed by atoms with Crippen LogP contribution in [0.1, 0.15) is 11.7 Å². The summed E-state index contributed by atoms with van der Waals surface area (Å²) in [6, 6.07) is 1.90. The number of terminal acetylenes is 1. The van der Waals surface area contributed by atoms with E-state index in [0.29, 0.717) is 0 Å². The van der Waals surface area contributed by atoms with E-state index in [0.717, 1.165) is 5.56 Å². The van der Waals surface area contributed by atoms with Gasteiger partial charge in [-0.25, -0.2) is 0 Å². The van der Waals surface area contributed by atoms with E-state index in [1.807, 2.05) is 16.8 Å². The van der Waals surface area contributed by atoms with Gasteiger partial charge in [-0.15, -0.1) is 11.6 Å². The van der Waals surface area contributed by atoms with Crippen molar-refractivity contribution >= 4 is 18.1 Å². The fourth-order valence-electron chi connectivity index (χ4n) is 0.686. The highest BCUT2D eigenvalue weighted by molar-refractivity contribution is 7.07. The highest BCUT2D eigenvalue weighted by atomic mass is 32.1. The molecule has 0 radical (unpaired) electrons. The number of nitrogens with zero attached hydrogens (tertiary/aromatic N) is 1. The molecule has 0 fully saturated rings. The minimum absolute atomic E-state index is 0.390. The molecule has 0 spiro atoms. The molecule has 0 bridgehead atoms. The summed E-state index contributed by atoms with van der Waals surface area (Å²) in [5, 5.41) is 7.14. The first-order valence-corrected chi connectivity index (χ1v) is 3.93. The van der Waals surface area contributed by atoms with Crippen molar-refractivity contribution in [3.05, 3.63) is 22.4 Å². The van der Waals surface area contributed by atoms with Crippen LogP contribution in [0.5, 0.6) is 0 Å². The molecule has 0 aromatic carbocycles. The average molecular weight is 165 g/mol. The summed E-state index contributed by atoms with van der Waals surface area (Å²) in [6.45, 7) is 3.19. The third-order valence-electron chi connectivity index (χ3n) is 1.18. The Balaban J connectivity index is 2.73. The number of oxime groups is 1. The van der Waals surface area contributed by atoms with Gasteiger partial charge in [0.05, 0.1) is 0 Å². The molecule has 1 aromatic rings. The van der Waals surface area contributed by atoms with Crippen LogP contribution < -0.4 is 0 Å². The lowest BCUT2D eigenvalue weighted by molar-refractivity contribution is 0.102. The summed E-state index contributed by atoms with van der Waals surface area (Å²) < 4.78 is 0. The normalized spacial score (nSPS) is 11.5. The number of hydrogen-bond acceptors (Lipinski definition) is 3. The van der Waals surface area contributed by atoms with Crippen molar-refractivity contribution in [3.8, 4) is 12.3 Å². The van der Waals surface area contributed by atoms with Gasteiger partial charge in [-0.05, 0) is 16.8 Å². The Morgan fingerprint density at radius 2 is 2.64 bits per heavy atom. The Hall–Kier alpha value is -1.27. The molecule has 0 saturated heterocycles. The maximum atomic E-state index is 5.19. The molecule has 56 valence electrons. The van der Waals surface area contributed by atoms with Crippen molar-refractivity contribution in [1.29, 1.82) is 0 Å². The molecule has 0 aliphatic carbocycles. The lowest BCUT2D eigenvalue weighted by Gasteiger charge is -2.04. The van der Waals surface area contributed by atoms with Crippen LogP contribution in [-0.4, -0.2) is 6.72 Å². The summed E-state index contributed by atoms with van der Waals surface area (Å²) in [6.07, 6.45) is 4.80. The van der Waals surface area contributed by atoms with E-state index in [1.165, 1.54) is 0 Å². The van der Waals surface area contributed by atoms with Gasteiger partial charge in [0.15, 0.2) is 0 Å². The zero-order valence-electron chi connectivity index (χ0n) is 5.86. The molecule has 0 aliphatic rings. The molecule has 1 atom stereocenters. The van der Waals surface area contributed by atoms with Crippen LogP contribution in [-0.2, 0) is 4.84 Å². The lowest BCUT2D eigenvalue weighted by atomic mass is 10.2. The van der Waals surface area contributed by atoms with Gasteiger partial charge in [0.2, 0.25) is 6.10 Å². The molecule has 1 heterocycles. The van der Waals surface area contributed by atoms with Gasteiger partial charge >= 0.3 is 0 Å². The van der Waals surface area contributed by atoms with Gasteiger partial charge in [-0.3, -0.25) is 0 Å².